The van der Waals surface area contributed by atoms with Crippen molar-refractivity contribution in [3.63, 3.8) is 0 Å². The number of hydrogen-bond acceptors (Lipinski definition) is 4. The number of ether oxygens (including phenoxy) is 2. The zero-order valence-electron chi connectivity index (χ0n) is 11.6. The van der Waals surface area contributed by atoms with Crippen LogP contribution in [0.2, 0.25) is 0 Å². The van der Waals surface area contributed by atoms with Gasteiger partial charge >= 0.3 is 0 Å². The Kier molecular flexibility index (Phi) is 5.95. The highest BCUT2D eigenvalue weighted by Crippen LogP contribution is 2.29. The summed E-state index contributed by atoms with van der Waals surface area (Å²) >= 11 is 0. The van der Waals surface area contributed by atoms with Crippen LogP contribution in [0.1, 0.15) is 25.5 Å². The van der Waals surface area contributed by atoms with E-state index in [1.165, 1.54) is 0 Å². The molecule has 4 nitrogen and oxygen atoms in total. The van der Waals surface area contributed by atoms with Crippen LogP contribution in [-0.4, -0.2) is 32.5 Å². The Morgan fingerprint density at radius 3 is 2.44 bits per heavy atom. The molecule has 1 rings (SSSR count). The fraction of sp³-hybridized carbons (Fsp3) is 0.571. The highest BCUT2D eigenvalue weighted by molar-refractivity contribution is 5.42. The van der Waals surface area contributed by atoms with E-state index in [-0.39, 0.29) is 12.6 Å². The monoisotopic (exact) mass is 253 g/mol. The average molecular weight is 253 g/mol. The lowest BCUT2D eigenvalue weighted by Gasteiger charge is -2.21. The maximum absolute atomic E-state index is 9.52. The van der Waals surface area contributed by atoms with Crippen molar-refractivity contribution in [3.05, 3.63) is 23.8 Å². The van der Waals surface area contributed by atoms with E-state index in [1.54, 1.807) is 14.2 Å². The molecule has 102 valence electrons. The van der Waals surface area contributed by atoms with Crippen LogP contribution in [0.25, 0.3) is 0 Å². The van der Waals surface area contributed by atoms with Crippen LogP contribution in [0.4, 0.5) is 0 Å². The Hall–Kier alpha value is -1.26. The molecule has 1 unspecified atom stereocenters. The van der Waals surface area contributed by atoms with Crippen molar-refractivity contribution >= 4 is 0 Å². The molecule has 0 aromatic heterocycles. The Bertz CT molecular complexity index is 366. The molecule has 0 saturated heterocycles. The van der Waals surface area contributed by atoms with E-state index in [1.807, 2.05) is 18.2 Å². The predicted molar refractivity (Wildman–Crippen MR) is 72.2 cm³/mol. The zero-order valence-corrected chi connectivity index (χ0v) is 11.6. The molecule has 0 aliphatic carbocycles. The first-order valence-corrected chi connectivity index (χ1v) is 6.18. The van der Waals surface area contributed by atoms with Crippen molar-refractivity contribution in [2.45, 2.75) is 19.9 Å². The lowest BCUT2D eigenvalue weighted by Crippen LogP contribution is -2.28. The third-order valence-electron chi connectivity index (χ3n) is 2.77. The summed E-state index contributed by atoms with van der Waals surface area (Å²) in [5.74, 6) is 2.04. The molecule has 0 aliphatic rings. The Morgan fingerprint density at radius 1 is 1.22 bits per heavy atom. The van der Waals surface area contributed by atoms with Gasteiger partial charge in [0.25, 0.3) is 0 Å². The van der Waals surface area contributed by atoms with Gasteiger partial charge in [-0.1, -0.05) is 13.8 Å². The molecular formula is C14H23NO3. The molecule has 18 heavy (non-hydrogen) atoms. The number of aliphatic hydroxyl groups excluding tert-OH is 1. The second kappa shape index (κ2) is 7.24. The Labute approximate surface area is 109 Å². The lowest BCUT2D eigenvalue weighted by atomic mass is 10.0. The van der Waals surface area contributed by atoms with Crippen molar-refractivity contribution in [1.29, 1.82) is 0 Å². The van der Waals surface area contributed by atoms with E-state index in [0.29, 0.717) is 5.92 Å². The summed E-state index contributed by atoms with van der Waals surface area (Å²) in [6, 6.07) is 5.46. The number of benzene rings is 1. The molecule has 0 fully saturated rings. The van der Waals surface area contributed by atoms with Gasteiger partial charge in [-0.15, -0.1) is 0 Å². The van der Waals surface area contributed by atoms with Gasteiger partial charge in [-0.25, -0.2) is 0 Å². The highest BCUT2D eigenvalue weighted by Gasteiger charge is 2.16. The molecular weight excluding hydrogens is 230 g/mol. The number of rotatable bonds is 7. The number of nitrogens with one attached hydrogen (secondary N) is 1. The number of hydrogen-bond donors (Lipinski definition) is 2. The molecule has 2 N–H and O–H groups in total. The van der Waals surface area contributed by atoms with Crippen molar-refractivity contribution < 1.29 is 14.6 Å². The molecule has 0 aliphatic heterocycles. The number of methoxy groups -OCH3 is 2. The van der Waals surface area contributed by atoms with E-state index in [4.69, 9.17) is 9.47 Å². The maximum atomic E-state index is 9.52. The van der Waals surface area contributed by atoms with Gasteiger partial charge in [0.15, 0.2) is 0 Å². The first-order chi connectivity index (χ1) is 8.62. The third kappa shape index (κ3) is 3.89. The van der Waals surface area contributed by atoms with Gasteiger partial charge < -0.3 is 19.9 Å². The first-order valence-electron chi connectivity index (χ1n) is 6.18. The SMILES string of the molecule is COc1ccc(OC)c(C(CO)NCC(C)C)c1. The molecule has 0 radical (unpaired) electrons. The molecule has 4 heteroatoms. The summed E-state index contributed by atoms with van der Waals surface area (Å²) in [4.78, 5) is 0. The van der Waals surface area contributed by atoms with E-state index < -0.39 is 0 Å². The Balaban J connectivity index is 2.94. The standard InChI is InChI=1S/C14H23NO3/c1-10(2)8-15-13(9-16)12-7-11(17-3)5-6-14(12)18-4/h5-7,10,13,15-16H,8-9H2,1-4H3. The fourth-order valence-corrected chi connectivity index (χ4v) is 1.76. The van der Waals surface area contributed by atoms with E-state index in [0.717, 1.165) is 23.6 Å². The van der Waals surface area contributed by atoms with Crippen LogP contribution >= 0.6 is 0 Å². The summed E-state index contributed by atoms with van der Waals surface area (Å²) in [6.07, 6.45) is 0. The molecule has 0 bridgehead atoms. The second-order valence-corrected chi connectivity index (χ2v) is 4.65. The topological polar surface area (TPSA) is 50.7 Å². The third-order valence-corrected chi connectivity index (χ3v) is 2.77. The number of aliphatic hydroxyl groups is 1. The summed E-state index contributed by atoms with van der Waals surface area (Å²) in [5.41, 5.74) is 0.917. The first kappa shape index (κ1) is 14.8. The van der Waals surface area contributed by atoms with Crippen LogP contribution in [0.3, 0.4) is 0 Å². The second-order valence-electron chi connectivity index (χ2n) is 4.65. The van der Waals surface area contributed by atoms with Crippen molar-refractivity contribution in [3.8, 4) is 11.5 Å². The van der Waals surface area contributed by atoms with Gasteiger partial charge in [-0.05, 0) is 30.7 Å². The minimum Gasteiger partial charge on any atom is -0.497 e. The zero-order chi connectivity index (χ0) is 13.5. The molecule has 0 amide bonds. The Morgan fingerprint density at radius 2 is 1.94 bits per heavy atom. The molecule has 1 aromatic carbocycles. The minimum atomic E-state index is -0.141. The summed E-state index contributed by atoms with van der Waals surface area (Å²) in [6.45, 7) is 5.12. The predicted octanol–water partition coefficient (Wildman–Crippen LogP) is 1.98. The van der Waals surface area contributed by atoms with Crippen LogP contribution in [0.5, 0.6) is 11.5 Å². The molecule has 1 atom stereocenters. The van der Waals surface area contributed by atoms with Gasteiger partial charge in [0.1, 0.15) is 11.5 Å². The normalized spacial score (nSPS) is 12.6. The minimum absolute atomic E-state index is 0.0241. The fourth-order valence-electron chi connectivity index (χ4n) is 1.76. The molecule has 0 saturated carbocycles. The molecule has 1 aromatic rings. The van der Waals surface area contributed by atoms with E-state index in [2.05, 4.69) is 19.2 Å². The van der Waals surface area contributed by atoms with Gasteiger partial charge in [-0.2, -0.15) is 0 Å². The average Bonchev–Trinajstić information content (AvgIpc) is 2.38. The van der Waals surface area contributed by atoms with Crippen molar-refractivity contribution in [1.82, 2.24) is 5.32 Å². The van der Waals surface area contributed by atoms with Crippen LogP contribution in [-0.2, 0) is 0 Å². The van der Waals surface area contributed by atoms with Crippen LogP contribution in [0, 0.1) is 5.92 Å². The van der Waals surface area contributed by atoms with Crippen molar-refractivity contribution in [2.75, 3.05) is 27.4 Å². The van der Waals surface area contributed by atoms with Gasteiger partial charge in [-0.3, -0.25) is 0 Å². The van der Waals surface area contributed by atoms with Crippen LogP contribution < -0.4 is 14.8 Å². The smallest absolute Gasteiger partial charge is 0.123 e. The van der Waals surface area contributed by atoms with Crippen molar-refractivity contribution in [2.24, 2.45) is 5.92 Å². The summed E-state index contributed by atoms with van der Waals surface area (Å²) < 4.78 is 10.5. The van der Waals surface area contributed by atoms with Gasteiger partial charge in [0.05, 0.1) is 26.9 Å². The van der Waals surface area contributed by atoms with E-state index in [9.17, 15) is 5.11 Å². The lowest BCUT2D eigenvalue weighted by molar-refractivity contribution is 0.237. The van der Waals surface area contributed by atoms with Crippen LogP contribution in [0.15, 0.2) is 18.2 Å². The largest absolute Gasteiger partial charge is 0.497 e. The van der Waals surface area contributed by atoms with Gasteiger partial charge in [0.2, 0.25) is 0 Å². The summed E-state index contributed by atoms with van der Waals surface area (Å²) in [5, 5.41) is 12.8. The highest BCUT2D eigenvalue weighted by atomic mass is 16.5. The van der Waals surface area contributed by atoms with Gasteiger partial charge in [0, 0.05) is 5.56 Å². The maximum Gasteiger partial charge on any atom is 0.123 e. The molecule has 0 spiro atoms. The molecule has 0 heterocycles. The quantitative estimate of drug-likeness (QED) is 0.780. The summed E-state index contributed by atoms with van der Waals surface area (Å²) in [7, 11) is 3.25. The van der Waals surface area contributed by atoms with E-state index >= 15 is 0 Å².